The maximum atomic E-state index is 4.74. The summed E-state index contributed by atoms with van der Waals surface area (Å²) in [5.74, 6) is 0. The number of nitrogens with zero attached hydrogens (tertiary/aromatic N) is 2. The van der Waals surface area contributed by atoms with E-state index in [-0.39, 0.29) is 0 Å². The van der Waals surface area contributed by atoms with Crippen LogP contribution in [0.15, 0.2) is 41.1 Å². The number of aromatic nitrogens is 3. The highest BCUT2D eigenvalue weighted by molar-refractivity contribution is 5.88. The number of para-hydroxylation sites is 1. The van der Waals surface area contributed by atoms with E-state index in [1.165, 1.54) is 0 Å². The van der Waals surface area contributed by atoms with E-state index in [1.54, 1.807) is 12.3 Å². The predicted octanol–water partition coefficient (Wildman–Crippen LogP) is 2.72. The molecule has 1 N–H and O–H groups in total. The van der Waals surface area contributed by atoms with Crippen LogP contribution in [0.4, 0.5) is 0 Å². The monoisotopic (exact) mass is 211 g/mol. The third kappa shape index (κ3) is 1.50. The number of H-pyrrole nitrogens is 1. The van der Waals surface area contributed by atoms with Gasteiger partial charge >= 0.3 is 0 Å². The summed E-state index contributed by atoms with van der Waals surface area (Å²) >= 11 is 0. The third-order valence-electron chi connectivity index (χ3n) is 2.37. The van der Waals surface area contributed by atoms with Crippen molar-refractivity contribution in [3.8, 4) is 0 Å². The molecule has 0 radical (unpaired) electrons. The Morgan fingerprint density at radius 3 is 2.94 bits per heavy atom. The van der Waals surface area contributed by atoms with Crippen LogP contribution in [-0.4, -0.2) is 15.4 Å². The van der Waals surface area contributed by atoms with Crippen molar-refractivity contribution in [3.05, 3.63) is 48.0 Å². The fourth-order valence-electron chi connectivity index (χ4n) is 1.58. The van der Waals surface area contributed by atoms with Gasteiger partial charge in [0.15, 0.2) is 0 Å². The van der Waals surface area contributed by atoms with Crippen LogP contribution in [0, 0.1) is 0 Å². The molecule has 0 unspecified atom stereocenters. The van der Waals surface area contributed by atoms with Gasteiger partial charge in [-0.2, -0.15) is 5.10 Å². The Morgan fingerprint density at radius 1 is 1.12 bits per heavy atom. The summed E-state index contributed by atoms with van der Waals surface area (Å²) in [5.41, 5.74) is 2.72. The number of nitrogens with one attached hydrogen (secondary N) is 1. The summed E-state index contributed by atoms with van der Waals surface area (Å²) < 4.78 is 4.74. The lowest BCUT2D eigenvalue weighted by Crippen LogP contribution is -1.73. The van der Waals surface area contributed by atoms with Crippen LogP contribution in [0.3, 0.4) is 0 Å². The molecule has 0 atom stereocenters. The second kappa shape index (κ2) is 3.66. The molecule has 2 aromatic heterocycles. The van der Waals surface area contributed by atoms with Crippen LogP contribution in [0.2, 0.25) is 0 Å². The van der Waals surface area contributed by atoms with Gasteiger partial charge in [0, 0.05) is 11.5 Å². The zero-order valence-corrected chi connectivity index (χ0v) is 8.42. The smallest absolute Gasteiger partial charge is 0.124 e. The molecule has 0 fully saturated rings. The Kier molecular flexibility index (Phi) is 2.04. The SMILES string of the molecule is C(=C\c1n[nH]c2ccccc12)/c1ccon1. The molecule has 1 aromatic carbocycles. The lowest BCUT2D eigenvalue weighted by Gasteiger charge is -1.87. The standard InChI is InChI=1S/C12H9N3O/c1-2-4-11-10(3-1)12(14-13-11)6-5-9-7-8-16-15-9/h1-8H,(H,13,14)/b6-5+. The molecule has 0 saturated heterocycles. The van der Waals surface area contributed by atoms with Gasteiger partial charge in [-0.05, 0) is 18.2 Å². The van der Waals surface area contributed by atoms with Crippen molar-refractivity contribution in [2.45, 2.75) is 0 Å². The molecule has 0 amide bonds. The molecule has 0 saturated carbocycles. The minimum absolute atomic E-state index is 0.784. The molecule has 0 aliphatic carbocycles. The van der Waals surface area contributed by atoms with Crippen LogP contribution in [0.25, 0.3) is 23.1 Å². The van der Waals surface area contributed by atoms with Gasteiger partial charge in [-0.3, -0.25) is 5.10 Å². The van der Waals surface area contributed by atoms with Crippen molar-refractivity contribution in [2.75, 3.05) is 0 Å². The second-order valence-electron chi connectivity index (χ2n) is 3.41. The maximum Gasteiger partial charge on any atom is 0.124 e. The van der Waals surface area contributed by atoms with E-state index in [0.29, 0.717) is 0 Å². The van der Waals surface area contributed by atoms with Crippen LogP contribution in [-0.2, 0) is 0 Å². The quantitative estimate of drug-likeness (QED) is 0.709. The molecule has 4 nitrogen and oxygen atoms in total. The van der Waals surface area contributed by atoms with Gasteiger partial charge in [0.1, 0.15) is 12.0 Å². The first-order valence-electron chi connectivity index (χ1n) is 4.95. The number of rotatable bonds is 2. The number of aromatic amines is 1. The van der Waals surface area contributed by atoms with E-state index >= 15 is 0 Å². The number of hydrogen-bond acceptors (Lipinski definition) is 3. The molecule has 0 aliphatic rings. The van der Waals surface area contributed by atoms with Gasteiger partial charge in [-0.1, -0.05) is 23.4 Å². The molecule has 2 heterocycles. The van der Waals surface area contributed by atoms with Gasteiger partial charge in [0.2, 0.25) is 0 Å². The summed E-state index contributed by atoms with van der Waals surface area (Å²) in [6.07, 6.45) is 5.32. The normalized spacial score (nSPS) is 11.5. The highest BCUT2D eigenvalue weighted by Gasteiger charge is 2.00. The molecular formula is C12H9N3O. The second-order valence-corrected chi connectivity index (χ2v) is 3.41. The Hall–Kier alpha value is -2.36. The third-order valence-corrected chi connectivity index (χ3v) is 2.37. The minimum atomic E-state index is 0.784. The van der Waals surface area contributed by atoms with E-state index < -0.39 is 0 Å². The summed E-state index contributed by atoms with van der Waals surface area (Å²) in [6.45, 7) is 0. The maximum absolute atomic E-state index is 4.74. The molecule has 16 heavy (non-hydrogen) atoms. The molecule has 0 spiro atoms. The van der Waals surface area contributed by atoms with E-state index in [1.807, 2.05) is 36.4 Å². The lowest BCUT2D eigenvalue weighted by molar-refractivity contribution is 0.418. The van der Waals surface area contributed by atoms with Gasteiger partial charge in [-0.15, -0.1) is 0 Å². The first kappa shape index (κ1) is 8.91. The van der Waals surface area contributed by atoms with Crippen molar-refractivity contribution >= 4 is 23.1 Å². The van der Waals surface area contributed by atoms with Gasteiger partial charge in [-0.25, -0.2) is 0 Å². The summed E-state index contributed by atoms with van der Waals surface area (Å²) in [6, 6.07) is 9.79. The molecular weight excluding hydrogens is 202 g/mol. The van der Waals surface area contributed by atoms with E-state index in [9.17, 15) is 0 Å². The number of hydrogen-bond donors (Lipinski definition) is 1. The molecule has 4 heteroatoms. The first-order chi connectivity index (χ1) is 7.93. The minimum Gasteiger partial charge on any atom is -0.364 e. The molecule has 3 aromatic rings. The van der Waals surface area contributed by atoms with Crippen LogP contribution >= 0.6 is 0 Å². The molecule has 0 bridgehead atoms. The largest absolute Gasteiger partial charge is 0.364 e. The summed E-state index contributed by atoms with van der Waals surface area (Å²) in [4.78, 5) is 0. The number of fused-ring (bicyclic) bond motifs is 1. The fourth-order valence-corrected chi connectivity index (χ4v) is 1.58. The van der Waals surface area contributed by atoms with E-state index in [2.05, 4.69) is 15.4 Å². The molecule has 78 valence electrons. The van der Waals surface area contributed by atoms with Gasteiger partial charge < -0.3 is 4.52 Å². The Bertz CT molecular complexity index is 623. The van der Waals surface area contributed by atoms with Crippen molar-refractivity contribution in [1.29, 1.82) is 0 Å². The Balaban J connectivity index is 2.01. The van der Waals surface area contributed by atoms with Crippen LogP contribution in [0.5, 0.6) is 0 Å². The lowest BCUT2D eigenvalue weighted by atomic mass is 10.2. The molecule has 3 rings (SSSR count). The van der Waals surface area contributed by atoms with E-state index in [4.69, 9.17) is 4.52 Å². The van der Waals surface area contributed by atoms with Crippen LogP contribution < -0.4 is 0 Å². The first-order valence-corrected chi connectivity index (χ1v) is 4.95. The zero-order chi connectivity index (χ0) is 10.8. The topological polar surface area (TPSA) is 54.7 Å². The number of benzene rings is 1. The van der Waals surface area contributed by atoms with Gasteiger partial charge in [0.05, 0.1) is 11.2 Å². The average molecular weight is 211 g/mol. The van der Waals surface area contributed by atoms with Crippen molar-refractivity contribution in [2.24, 2.45) is 0 Å². The Labute approximate surface area is 91.6 Å². The summed E-state index contributed by atoms with van der Waals surface area (Å²) in [5, 5.41) is 12.1. The summed E-state index contributed by atoms with van der Waals surface area (Å²) in [7, 11) is 0. The van der Waals surface area contributed by atoms with Gasteiger partial charge in [0.25, 0.3) is 0 Å². The average Bonchev–Trinajstić information content (AvgIpc) is 2.96. The van der Waals surface area contributed by atoms with Crippen molar-refractivity contribution in [3.63, 3.8) is 0 Å². The van der Waals surface area contributed by atoms with E-state index in [0.717, 1.165) is 22.3 Å². The Morgan fingerprint density at radius 2 is 2.06 bits per heavy atom. The van der Waals surface area contributed by atoms with Crippen molar-refractivity contribution < 1.29 is 4.52 Å². The van der Waals surface area contributed by atoms with Crippen molar-refractivity contribution in [1.82, 2.24) is 15.4 Å². The predicted molar refractivity (Wildman–Crippen MR) is 61.5 cm³/mol. The highest BCUT2D eigenvalue weighted by Crippen LogP contribution is 2.16. The zero-order valence-electron chi connectivity index (χ0n) is 8.42. The highest BCUT2D eigenvalue weighted by atomic mass is 16.5. The van der Waals surface area contributed by atoms with Crippen LogP contribution in [0.1, 0.15) is 11.4 Å². The fraction of sp³-hybridized carbons (Fsp3) is 0. The molecule has 0 aliphatic heterocycles.